The number of hydrogen-bond donors (Lipinski definition) is 2. The first kappa shape index (κ1) is 23.6. The Morgan fingerprint density at radius 2 is 1.73 bits per heavy atom. The van der Waals surface area contributed by atoms with E-state index in [1.807, 2.05) is 37.8 Å². The van der Waals surface area contributed by atoms with Crippen molar-refractivity contribution in [3.05, 3.63) is 23.8 Å². The van der Waals surface area contributed by atoms with Crippen LogP contribution in [0.3, 0.4) is 0 Å². The van der Waals surface area contributed by atoms with Crippen LogP contribution in [0.4, 0.5) is 0 Å². The highest BCUT2D eigenvalue weighted by atomic mass is 16.3. The van der Waals surface area contributed by atoms with Gasteiger partial charge in [-0.25, -0.2) is 9.36 Å². The largest absolute Gasteiger partial charge is 0.394 e. The molecule has 0 atom stereocenters. The summed E-state index contributed by atoms with van der Waals surface area (Å²) in [6.07, 6.45) is 5.47. The average molecular weight is 419 g/mol. The second kappa shape index (κ2) is 9.90. The van der Waals surface area contributed by atoms with Crippen molar-refractivity contribution in [3.63, 3.8) is 0 Å². The van der Waals surface area contributed by atoms with Crippen LogP contribution in [0.5, 0.6) is 0 Å². The SMILES string of the molecule is CC(C)(C)N=CC(CN(Cc1cn(CCO)nn1)Cc1cn(C(C)(C)C)nn1)=NN. The Balaban J connectivity index is 2.20. The number of aromatic nitrogens is 6. The number of nitrogens with zero attached hydrogens (tertiary/aromatic N) is 9. The van der Waals surface area contributed by atoms with Gasteiger partial charge in [0.2, 0.25) is 0 Å². The van der Waals surface area contributed by atoms with Gasteiger partial charge in [-0.3, -0.25) is 9.89 Å². The number of aliphatic imine (C=N–C) groups is 1. The van der Waals surface area contributed by atoms with Crippen molar-refractivity contribution in [3.8, 4) is 0 Å². The van der Waals surface area contributed by atoms with Gasteiger partial charge in [-0.1, -0.05) is 10.4 Å². The number of aliphatic hydroxyl groups is 1. The topological polar surface area (TPSA) is 136 Å². The van der Waals surface area contributed by atoms with Gasteiger partial charge in [-0.05, 0) is 41.5 Å². The van der Waals surface area contributed by atoms with Crippen molar-refractivity contribution in [1.82, 2.24) is 34.9 Å². The fraction of sp³-hybridized carbons (Fsp3) is 0.684. The van der Waals surface area contributed by atoms with Crippen molar-refractivity contribution in [1.29, 1.82) is 0 Å². The Labute approximate surface area is 177 Å². The zero-order chi connectivity index (χ0) is 22.4. The van der Waals surface area contributed by atoms with Crippen molar-refractivity contribution in [2.24, 2.45) is 15.9 Å². The van der Waals surface area contributed by atoms with E-state index in [-0.39, 0.29) is 17.7 Å². The molecular weight excluding hydrogens is 384 g/mol. The number of hydrazone groups is 1. The van der Waals surface area contributed by atoms with Gasteiger partial charge in [0.15, 0.2) is 0 Å². The molecule has 0 amide bonds. The molecule has 3 N–H and O–H groups in total. The molecule has 0 spiro atoms. The van der Waals surface area contributed by atoms with E-state index in [4.69, 9.17) is 10.9 Å². The second-order valence-electron chi connectivity index (χ2n) is 9.22. The zero-order valence-corrected chi connectivity index (χ0v) is 18.8. The molecule has 0 aliphatic rings. The normalized spacial score (nSPS) is 13.7. The minimum Gasteiger partial charge on any atom is -0.394 e. The van der Waals surface area contributed by atoms with Crippen molar-refractivity contribution in [2.75, 3.05) is 13.2 Å². The molecule has 0 aliphatic carbocycles. The maximum Gasteiger partial charge on any atom is 0.0967 e. The van der Waals surface area contributed by atoms with Gasteiger partial charge in [0, 0.05) is 32.0 Å². The molecule has 11 heteroatoms. The lowest BCUT2D eigenvalue weighted by Gasteiger charge is -2.20. The van der Waals surface area contributed by atoms with E-state index in [0.29, 0.717) is 31.9 Å². The summed E-state index contributed by atoms with van der Waals surface area (Å²) in [5.74, 6) is 5.62. The number of hydrogen-bond acceptors (Lipinski definition) is 9. The van der Waals surface area contributed by atoms with Gasteiger partial charge in [0.25, 0.3) is 0 Å². The zero-order valence-electron chi connectivity index (χ0n) is 18.8. The number of rotatable bonds is 9. The molecule has 0 aliphatic heterocycles. The van der Waals surface area contributed by atoms with Crippen LogP contribution in [0, 0.1) is 0 Å². The van der Waals surface area contributed by atoms with Crippen LogP contribution in [-0.4, -0.2) is 70.6 Å². The molecule has 0 bridgehead atoms. The van der Waals surface area contributed by atoms with Gasteiger partial charge in [-0.15, -0.1) is 10.2 Å². The predicted octanol–water partition coefficient (Wildman–Crippen LogP) is 0.803. The van der Waals surface area contributed by atoms with Crippen LogP contribution in [0.1, 0.15) is 52.9 Å². The predicted molar refractivity (Wildman–Crippen MR) is 116 cm³/mol. The van der Waals surface area contributed by atoms with E-state index >= 15 is 0 Å². The van der Waals surface area contributed by atoms with Gasteiger partial charge in [0.1, 0.15) is 0 Å². The summed E-state index contributed by atoms with van der Waals surface area (Å²) in [7, 11) is 0. The molecule has 166 valence electrons. The summed E-state index contributed by atoms with van der Waals surface area (Å²) in [5.41, 5.74) is 1.89. The Morgan fingerprint density at radius 3 is 2.27 bits per heavy atom. The monoisotopic (exact) mass is 418 g/mol. The summed E-state index contributed by atoms with van der Waals surface area (Å²) in [6, 6.07) is 0. The summed E-state index contributed by atoms with van der Waals surface area (Å²) in [4.78, 5) is 6.61. The van der Waals surface area contributed by atoms with Crippen LogP contribution >= 0.6 is 0 Å². The molecule has 11 nitrogen and oxygen atoms in total. The maximum absolute atomic E-state index is 9.09. The fourth-order valence-corrected chi connectivity index (χ4v) is 2.56. The lowest BCUT2D eigenvalue weighted by molar-refractivity contribution is 0.268. The van der Waals surface area contributed by atoms with Gasteiger partial charge in [0.05, 0.1) is 47.5 Å². The Hall–Kier alpha value is -2.66. The molecule has 2 rings (SSSR count). The molecule has 0 fully saturated rings. The number of nitrogens with two attached hydrogens (primary N) is 1. The van der Waals surface area contributed by atoms with E-state index in [0.717, 1.165) is 11.4 Å². The van der Waals surface area contributed by atoms with Crippen LogP contribution < -0.4 is 5.84 Å². The van der Waals surface area contributed by atoms with Crippen molar-refractivity contribution in [2.45, 2.75) is 72.3 Å². The first-order chi connectivity index (χ1) is 14.0. The highest BCUT2D eigenvalue weighted by molar-refractivity contribution is 6.31. The quantitative estimate of drug-likeness (QED) is 0.349. The molecule has 0 aromatic carbocycles. The van der Waals surface area contributed by atoms with Gasteiger partial charge in [-0.2, -0.15) is 5.10 Å². The van der Waals surface area contributed by atoms with Crippen LogP contribution in [0.15, 0.2) is 22.5 Å². The van der Waals surface area contributed by atoms with Crippen molar-refractivity contribution >= 4 is 11.9 Å². The summed E-state index contributed by atoms with van der Waals surface area (Å²) in [5, 5.41) is 29.8. The molecule has 30 heavy (non-hydrogen) atoms. The lowest BCUT2D eigenvalue weighted by Crippen LogP contribution is -2.31. The van der Waals surface area contributed by atoms with Gasteiger partial charge < -0.3 is 10.9 Å². The molecule has 2 aromatic rings. The Morgan fingerprint density at radius 1 is 1.10 bits per heavy atom. The molecular formula is C19H34N10O. The summed E-state index contributed by atoms with van der Waals surface area (Å²) >= 11 is 0. The lowest BCUT2D eigenvalue weighted by atomic mass is 10.1. The standard InChI is InChI=1S/C19H34N10O/c1-18(2,3)21-9-15(22-20)10-27(11-16-13-28(7-8-30)25-23-16)12-17-14-29(26-24-17)19(4,5)6/h9,13-14,30H,7-8,10-12,20H2,1-6H3. The molecule has 2 heterocycles. The van der Waals surface area contributed by atoms with E-state index in [9.17, 15) is 0 Å². The fourth-order valence-electron chi connectivity index (χ4n) is 2.56. The number of aliphatic hydroxyl groups excluding tert-OH is 1. The summed E-state index contributed by atoms with van der Waals surface area (Å²) in [6.45, 7) is 14.2. The third-order valence-electron chi connectivity index (χ3n) is 4.07. The average Bonchev–Trinajstić information content (AvgIpc) is 3.27. The summed E-state index contributed by atoms with van der Waals surface area (Å²) < 4.78 is 3.46. The van der Waals surface area contributed by atoms with Crippen molar-refractivity contribution < 1.29 is 5.11 Å². The third kappa shape index (κ3) is 7.64. The minimum absolute atomic E-state index is 0.00959. The molecule has 0 radical (unpaired) electrons. The van der Waals surface area contributed by atoms with E-state index in [1.54, 1.807) is 10.9 Å². The Bertz CT molecular complexity index is 853. The first-order valence-electron chi connectivity index (χ1n) is 9.96. The smallest absolute Gasteiger partial charge is 0.0967 e. The molecule has 0 unspecified atom stereocenters. The van der Waals surface area contributed by atoms with E-state index < -0.39 is 0 Å². The van der Waals surface area contributed by atoms with Crippen LogP contribution in [-0.2, 0) is 25.2 Å². The molecule has 0 saturated heterocycles. The highest BCUT2D eigenvalue weighted by Gasteiger charge is 2.18. The maximum atomic E-state index is 9.09. The molecule has 0 saturated carbocycles. The van der Waals surface area contributed by atoms with E-state index in [1.165, 1.54) is 0 Å². The second-order valence-corrected chi connectivity index (χ2v) is 9.22. The first-order valence-corrected chi connectivity index (χ1v) is 9.96. The Kier molecular flexibility index (Phi) is 7.79. The third-order valence-corrected chi connectivity index (χ3v) is 4.07. The van der Waals surface area contributed by atoms with Crippen LogP contribution in [0.2, 0.25) is 0 Å². The van der Waals surface area contributed by atoms with E-state index in [2.05, 4.69) is 56.4 Å². The van der Waals surface area contributed by atoms with Crippen LogP contribution in [0.25, 0.3) is 0 Å². The highest BCUT2D eigenvalue weighted by Crippen LogP contribution is 2.14. The van der Waals surface area contributed by atoms with Gasteiger partial charge >= 0.3 is 0 Å². The minimum atomic E-state index is -0.219. The molecule has 2 aromatic heterocycles.